The first-order valence-corrected chi connectivity index (χ1v) is 8.71. The number of carbonyl (C=O) groups is 1. The van der Waals surface area contributed by atoms with Crippen LogP contribution in [0.4, 0.5) is 4.39 Å². The minimum atomic E-state index is -1.36. The standard InChI is InChI=1S/C21H18FNO4/c1-10-7-13(24)5-6-17(10)23-9-15(21(26)27)20(25)14-8-16(22)18(12-3-4-12)11(2)19(14)23/h5-9,12,24H,3-4H2,1-2H3,(H,26,27). The smallest absolute Gasteiger partial charge is 0.341 e. The molecule has 1 aromatic heterocycles. The Morgan fingerprint density at radius 2 is 1.93 bits per heavy atom. The van der Waals surface area contributed by atoms with Gasteiger partial charge >= 0.3 is 5.97 Å². The molecule has 1 heterocycles. The van der Waals surface area contributed by atoms with Crippen molar-refractivity contribution >= 4 is 16.9 Å². The minimum Gasteiger partial charge on any atom is -0.508 e. The molecule has 3 aromatic rings. The first-order chi connectivity index (χ1) is 12.8. The number of carboxylic acids is 1. The van der Waals surface area contributed by atoms with E-state index < -0.39 is 22.8 Å². The van der Waals surface area contributed by atoms with E-state index in [2.05, 4.69) is 0 Å². The highest BCUT2D eigenvalue weighted by molar-refractivity contribution is 5.94. The average Bonchev–Trinajstić information content (AvgIpc) is 3.41. The monoisotopic (exact) mass is 367 g/mol. The zero-order valence-electron chi connectivity index (χ0n) is 14.9. The van der Waals surface area contributed by atoms with Crippen LogP contribution < -0.4 is 5.43 Å². The van der Waals surface area contributed by atoms with Gasteiger partial charge in [0.25, 0.3) is 0 Å². The predicted octanol–water partition coefficient (Wildman–Crippen LogP) is 4.03. The van der Waals surface area contributed by atoms with Gasteiger partial charge in [0.2, 0.25) is 5.43 Å². The third-order valence-electron chi connectivity index (χ3n) is 5.19. The van der Waals surface area contributed by atoms with E-state index in [1.54, 1.807) is 30.5 Å². The summed E-state index contributed by atoms with van der Waals surface area (Å²) >= 11 is 0. The summed E-state index contributed by atoms with van der Waals surface area (Å²) in [5.74, 6) is -1.60. The van der Waals surface area contributed by atoms with Crippen LogP contribution in [0, 0.1) is 19.7 Å². The Morgan fingerprint density at radius 3 is 2.52 bits per heavy atom. The van der Waals surface area contributed by atoms with Gasteiger partial charge in [-0.1, -0.05) is 0 Å². The van der Waals surface area contributed by atoms with Gasteiger partial charge in [-0.2, -0.15) is 0 Å². The van der Waals surface area contributed by atoms with Crippen LogP contribution in [0.15, 0.2) is 35.3 Å². The maximum absolute atomic E-state index is 14.7. The quantitative estimate of drug-likeness (QED) is 0.733. The largest absolute Gasteiger partial charge is 0.508 e. The van der Waals surface area contributed by atoms with Crippen molar-refractivity contribution in [2.75, 3.05) is 0 Å². The van der Waals surface area contributed by atoms with Gasteiger partial charge < -0.3 is 14.8 Å². The molecule has 2 aromatic carbocycles. The molecule has 0 spiro atoms. The number of nitrogens with zero attached hydrogens (tertiary/aromatic N) is 1. The van der Waals surface area contributed by atoms with E-state index in [4.69, 9.17) is 0 Å². The lowest BCUT2D eigenvalue weighted by molar-refractivity contribution is 0.0695. The van der Waals surface area contributed by atoms with E-state index in [1.807, 2.05) is 0 Å². The lowest BCUT2D eigenvalue weighted by Crippen LogP contribution is -2.20. The van der Waals surface area contributed by atoms with Gasteiger partial charge in [-0.25, -0.2) is 9.18 Å². The summed E-state index contributed by atoms with van der Waals surface area (Å²) in [6.07, 6.45) is 3.09. The van der Waals surface area contributed by atoms with Gasteiger partial charge in [-0.15, -0.1) is 0 Å². The molecule has 0 atom stereocenters. The number of hydrogen-bond donors (Lipinski definition) is 2. The number of aromatic carboxylic acids is 1. The molecule has 1 saturated carbocycles. The van der Waals surface area contributed by atoms with Crippen molar-refractivity contribution in [1.29, 1.82) is 0 Å². The number of pyridine rings is 1. The molecule has 0 amide bonds. The number of fused-ring (bicyclic) bond motifs is 1. The van der Waals surface area contributed by atoms with Crippen molar-refractivity contribution < 1.29 is 19.4 Å². The molecule has 2 N–H and O–H groups in total. The van der Waals surface area contributed by atoms with Gasteiger partial charge in [0.1, 0.15) is 17.1 Å². The summed E-state index contributed by atoms with van der Waals surface area (Å²) in [7, 11) is 0. The molecule has 0 saturated heterocycles. The topological polar surface area (TPSA) is 79.5 Å². The number of aryl methyl sites for hydroxylation is 2. The van der Waals surface area contributed by atoms with Crippen LogP contribution in [0.1, 0.15) is 45.8 Å². The minimum absolute atomic E-state index is 0.0433. The Labute approximate surface area is 154 Å². The number of benzene rings is 2. The molecular formula is C21H18FNO4. The Kier molecular flexibility index (Phi) is 3.80. The second kappa shape index (κ2) is 5.94. The van der Waals surface area contributed by atoms with E-state index >= 15 is 0 Å². The number of halogens is 1. The third kappa shape index (κ3) is 2.68. The second-order valence-corrected chi connectivity index (χ2v) is 7.09. The number of rotatable bonds is 3. The van der Waals surface area contributed by atoms with Gasteiger partial charge in [0.05, 0.1) is 10.9 Å². The van der Waals surface area contributed by atoms with E-state index in [-0.39, 0.29) is 17.1 Å². The molecule has 5 nitrogen and oxygen atoms in total. The Morgan fingerprint density at radius 1 is 1.22 bits per heavy atom. The van der Waals surface area contributed by atoms with Crippen molar-refractivity contribution in [3.05, 3.63) is 68.8 Å². The van der Waals surface area contributed by atoms with Gasteiger partial charge in [0, 0.05) is 11.9 Å². The maximum Gasteiger partial charge on any atom is 0.341 e. The zero-order valence-corrected chi connectivity index (χ0v) is 14.9. The normalized spacial score (nSPS) is 13.9. The van der Waals surface area contributed by atoms with E-state index in [0.717, 1.165) is 18.9 Å². The first kappa shape index (κ1) is 17.3. The summed E-state index contributed by atoms with van der Waals surface area (Å²) in [5.41, 5.74) is 1.94. The first-order valence-electron chi connectivity index (χ1n) is 8.71. The second-order valence-electron chi connectivity index (χ2n) is 7.09. The number of hydrogen-bond acceptors (Lipinski definition) is 3. The molecule has 6 heteroatoms. The van der Waals surface area contributed by atoms with E-state index in [9.17, 15) is 24.2 Å². The van der Waals surface area contributed by atoms with Gasteiger partial charge in [-0.05, 0) is 73.6 Å². The molecule has 0 aliphatic heterocycles. The highest BCUT2D eigenvalue weighted by Crippen LogP contribution is 2.44. The molecule has 27 heavy (non-hydrogen) atoms. The van der Waals surface area contributed by atoms with Crippen molar-refractivity contribution in [1.82, 2.24) is 4.57 Å². The summed E-state index contributed by atoms with van der Waals surface area (Å²) < 4.78 is 16.3. The highest BCUT2D eigenvalue weighted by atomic mass is 19.1. The Bertz CT molecular complexity index is 1180. The van der Waals surface area contributed by atoms with E-state index in [1.165, 1.54) is 12.3 Å². The molecule has 0 bridgehead atoms. The fraction of sp³-hybridized carbons (Fsp3) is 0.238. The van der Waals surface area contributed by atoms with Crippen LogP contribution in [0.25, 0.3) is 16.6 Å². The van der Waals surface area contributed by atoms with Crippen molar-refractivity contribution in [3.8, 4) is 11.4 Å². The van der Waals surface area contributed by atoms with Crippen LogP contribution in [0.2, 0.25) is 0 Å². The summed E-state index contributed by atoms with van der Waals surface area (Å²) in [6.45, 7) is 3.55. The molecular weight excluding hydrogens is 349 g/mol. The molecule has 4 rings (SSSR count). The van der Waals surface area contributed by atoms with Crippen molar-refractivity contribution in [2.45, 2.75) is 32.6 Å². The lowest BCUT2D eigenvalue weighted by Gasteiger charge is -2.19. The number of carboxylic acid groups (broad SMARTS) is 1. The summed E-state index contributed by atoms with van der Waals surface area (Å²) in [4.78, 5) is 24.3. The zero-order chi connectivity index (χ0) is 19.5. The van der Waals surface area contributed by atoms with Gasteiger partial charge in [0.15, 0.2) is 0 Å². The Balaban J connectivity index is 2.19. The number of aromatic hydroxyl groups is 1. The van der Waals surface area contributed by atoms with Crippen LogP contribution in [-0.2, 0) is 0 Å². The molecule has 0 unspecified atom stereocenters. The molecule has 0 radical (unpaired) electrons. The van der Waals surface area contributed by atoms with E-state index in [0.29, 0.717) is 27.9 Å². The van der Waals surface area contributed by atoms with Gasteiger partial charge in [-0.3, -0.25) is 4.79 Å². The number of aromatic nitrogens is 1. The summed E-state index contributed by atoms with van der Waals surface area (Å²) in [5, 5.41) is 19.2. The van der Waals surface area contributed by atoms with Crippen LogP contribution in [0.5, 0.6) is 5.75 Å². The lowest BCUT2D eigenvalue weighted by atomic mass is 9.97. The Hall–Kier alpha value is -3.15. The predicted molar refractivity (Wildman–Crippen MR) is 99.6 cm³/mol. The average molecular weight is 367 g/mol. The number of phenols is 1. The molecule has 1 aliphatic carbocycles. The van der Waals surface area contributed by atoms with Crippen molar-refractivity contribution in [3.63, 3.8) is 0 Å². The summed E-state index contributed by atoms with van der Waals surface area (Å²) in [6, 6.07) is 5.87. The molecule has 1 fully saturated rings. The van der Waals surface area contributed by atoms with Crippen LogP contribution >= 0.6 is 0 Å². The van der Waals surface area contributed by atoms with Crippen LogP contribution in [0.3, 0.4) is 0 Å². The fourth-order valence-corrected chi connectivity index (χ4v) is 3.79. The third-order valence-corrected chi connectivity index (χ3v) is 5.19. The maximum atomic E-state index is 14.7. The molecule has 138 valence electrons. The fourth-order valence-electron chi connectivity index (χ4n) is 3.79. The number of phenolic OH excluding ortho intramolecular Hbond substituents is 1. The van der Waals surface area contributed by atoms with Crippen LogP contribution in [-0.4, -0.2) is 20.7 Å². The SMILES string of the molecule is Cc1cc(O)ccc1-n1cc(C(=O)O)c(=O)c2cc(F)c(C3CC3)c(C)c21. The van der Waals surface area contributed by atoms with Crippen molar-refractivity contribution in [2.24, 2.45) is 0 Å². The highest BCUT2D eigenvalue weighted by Gasteiger charge is 2.30. The molecule has 1 aliphatic rings.